The first-order valence-electron chi connectivity index (χ1n) is 7.79. The Bertz CT molecular complexity index is 767. The smallest absolute Gasteiger partial charge is 0.349 e. The zero-order valence-electron chi connectivity index (χ0n) is 13.3. The number of ketones is 1. The molecule has 1 N–H and O–H groups in total. The van der Waals surface area contributed by atoms with Crippen molar-refractivity contribution in [2.45, 2.75) is 25.4 Å². The minimum atomic E-state index is -1.17. The largest absolute Gasteiger partial charge is 0.496 e. The van der Waals surface area contributed by atoms with Crippen LogP contribution in [-0.4, -0.2) is 24.0 Å². The van der Waals surface area contributed by atoms with Gasteiger partial charge in [0.1, 0.15) is 11.5 Å². The first kappa shape index (κ1) is 16.1. The van der Waals surface area contributed by atoms with Gasteiger partial charge in [0.2, 0.25) is 6.10 Å². The standard InChI is InChI=1S/C19H18O5/c1-23-15-10-11-16(17-13(15)8-5-9-14(17)20)24-18(19(21)22)12-6-3-2-4-7-12/h2-4,6-7,10-11,18H,5,8-9H2,1H3,(H,21,22). The van der Waals surface area contributed by atoms with E-state index in [-0.39, 0.29) is 5.78 Å². The van der Waals surface area contributed by atoms with E-state index < -0.39 is 12.1 Å². The van der Waals surface area contributed by atoms with Crippen molar-refractivity contribution in [2.24, 2.45) is 0 Å². The molecule has 1 aliphatic carbocycles. The van der Waals surface area contributed by atoms with Crippen LogP contribution in [0.15, 0.2) is 42.5 Å². The molecule has 0 aromatic heterocycles. The number of Topliss-reactive ketones (excluding diaryl/α,β-unsaturated/α-hetero) is 1. The van der Waals surface area contributed by atoms with Crippen LogP contribution in [0.25, 0.3) is 0 Å². The Hall–Kier alpha value is -2.82. The summed E-state index contributed by atoms with van der Waals surface area (Å²) in [7, 11) is 1.55. The quantitative estimate of drug-likeness (QED) is 0.911. The third kappa shape index (κ3) is 2.97. The van der Waals surface area contributed by atoms with E-state index in [0.717, 1.165) is 12.0 Å². The lowest BCUT2D eigenvalue weighted by Crippen LogP contribution is -2.21. The lowest BCUT2D eigenvalue weighted by molar-refractivity contribution is -0.145. The first-order valence-corrected chi connectivity index (χ1v) is 7.79. The second kappa shape index (κ2) is 6.74. The van der Waals surface area contributed by atoms with Crippen molar-refractivity contribution in [2.75, 3.05) is 7.11 Å². The maximum Gasteiger partial charge on any atom is 0.349 e. The van der Waals surface area contributed by atoms with Crippen molar-refractivity contribution in [3.63, 3.8) is 0 Å². The van der Waals surface area contributed by atoms with Crippen LogP contribution in [0.1, 0.15) is 40.4 Å². The van der Waals surface area contributed by atoms with Crippen molar-refractivity contribution in [3.8, 4) is 11.5 Å². The minimum Gasteiger partial charge on any atom is -0.496 e. The summed E-state index contributed by atoms with van der Waals surface area (Å²) in [5.74, 6) is -0.208. The average Bonchev–Trinajstić information content (AvgIpc) is 2.60. The van der Waals surface area contributed by atoms with Crippen molar-refractivity contribution in [1.29, 1.82) is 0 Å². The number of ether oxygens (including phenoxy) is 2. The van der Waals surface area contributed by atoms with E-state index in [1.807, 2.05) is 0 Å². The summed E-state index contributed by atoms with van der Waals surface area (Å²) in [5.41, 5.74) is 1.77. The van der Waals surface area contributed by atoms with Gasteiger partial charge in [-0.15, -0.1) is 0 Å². The van der Waals surface area contributed by atoms with Gasteiger partial charge in [-0.3, -0.25) is 4.79 Å². The number of fused-ring (bicyclic) bond motifs is 1. The number of rotatable bonds is 5. The molecule has 1 unspecified atom stereocenters. The Balaban J connectivity index is 2.03. The van der Waals surface area contributed by atoms with Gasteiger partial charge >= 0.3 is 5.97 Å². The molecular formula is C19H18O5. The van der Waals surface area contributed by atoms with Crippen LogP contribution in [0.2, 0.25) is 0 Å². The fourth-order valence-corrected chi connectivity index (χ4v) is 3.02. The summed E-state index contributed by atoms with van der Waals surface area (Å²) < 4.78 is 11.1. The molecule has 5 heteroatoms. The fraction of sp³-hybridized carbons (Fsp3) is 0.263. The normalized spacial score (nSPS) is 14.6. The number of hydrogen-bond donors (Lipinski definition) is 1. The SMILES string of the molecule is COc1ccc(OC(C(=O)O)c2ccccc2)c2c1CCCC2=O. The number of carboxylic acid groups (broad SMARTS) is 1. The molecule has 0 fully saturated rings. The Morgan fingerprint density at radius 1 is 1.08 bits per heavy atom. The topological polar surface area (TPSA) is 72.8 Å². The number of hydrogen-bond acceptors (Lipinski definition) is 4. The van der Waals surface area contributed by atoms with Gasteiger partial charge in [0.05, 0.1) is 12.7 Å². The molecule has 0 amide bonds. The molecule has 1 aliphatic rings. The summed E-state index contributed by atoms with van der Waals surface area (Å²) in [5, 5.41) is 9.52. The van der Waals surface area contributed by atoms with Crippen molar-refractivity contribution < 1.29 is 24.2 Å². The molecule has 2 aromatic rings. The average molecular weight is 326 g/mol. The van der Waals surface area contributed by atoms with E-state index in [2.05, 4.69) is 0 Å². The highest BCUT2D eigenvalue weighted by molar-refractivity contribution is 6.01. The lowest BCUT2D eigenvalue weighted by Gasteiger charge is -2.23. The molecule has 0 aliphatic heterocycles. The van der Waals surface area contributed by atoms with Gasteiger partial charge in [-0.1, -0.05) is 30.3 Å². The van der Waals surface area contributed by atoms with Crippen LogP contribution in [0.5, 0.6) is 11.5 Å². The number of carboxylic acids is 1. The molecule has 124 valence electrons. The third-order valence-electron chi connectivity index (χ3n) is 4.13. The Kier molecular flexibility index (Phi) is 4.51. The van der Waals surface area contributed by atoms with Crippen LogP contribution in [0, 0.1) is 0 Å². The maximum atomic E-state index is 12.4. The van der Waals surface area contributed by atoms with E-state index in [9.17, 15) is 14.7 Å². The molecular weight excluding hydrogens is 308 g/mol. The highest BCUT2D eigenvalue weighted by atomic mass is 16.5. The fourth-order valence-electron chi connectivity index (χ4n) is 3.02. The minimum absolute atomic E-state index is 0.0395. The predicted molar refractivity (Wildman–Crippen MR) is 87.7 cm³/mol. The summed E-state index contributed by atoms with van der Waals surface area (Å²) in [6, 6.07) is 12.0. The van der Waals surface area contributed by atoms with Crippen molar-refractivity contribution in [3.05, 3.63) is 59.2 Å². The first-order chi connectivity index (χ1) is 11.6. The lowest BCUT2D eigenvalue weighted by atomic mass is 9.89. The maximum absolute atomic E-state index is 12.4. The van der Waals surface area contributed by atoms with E-state index in [1.165, 1.54) is 0 Å². The van der Waals surface area contributed by atoms with Gasteiger partial charge in [0.15, 0.2) is 5.78 Å². The highest BCUT2D eigenvalue weighted by Crippen LogP contribution is 2.37. The van der Waals surface area contributed by atoms with E-state index in [0.29, 0.717) is 35.5 Å². The molecule has 0 heterocycles. The second-order valence-electron chi connectivity index (χ2n) is 5.64. The summed E-state index contributed by atoms with van der Waals surface area (Å²) in [4.78, 5) is 24.0. The summed E-state index contributed by atoms with van der Waals surface area (Å²) >= 11 is 0. The second-order valence-corrected chi connectivity index (χ2v) is 5.64. The summed E-state index contributed by atoms with van der Waals surface area (Å²) in [6.07, 6.45) is 0.731. The molecule has 1 atom stereocenters. The number of carbonyl (C=O) groups is 2. The van der Waals surface area contributed by atoms with Crippen LogP contribution >= 0.6 is 0 Å². The molecule has 3 rings (SSSR count). The number of methoxy groups -OCH3 is 1. The Morgan fingerprint density at radius 3 is 2.46 bits per heavy atom. The van der Waals surface area contributed by atoms with Gasteiger partial charge in [-0.05, 0) is 25.0 Å². The van der Waals surface area contributed by atoms with Crippen molar-refractivity contribution >= 4 is 11.8 Å². The molecule has 0 radical (unpaired) electrons. The molecule has 2 aromatic carbocycles. The highest BCUT2D eigenvalue weighted by Gasteiger charge is 2.29. The van der Waals surface area contributed by atoms with Crippen LogP contribution in [0.4, 0.5) is 0 Å². The Labute approximate surface area is 139 Å². The van der Waals surface area contributed by atoms with Crippen LogP contribution in [-0.2, 0) is 11.2 Å². The zero-order valence-corrected chi connectivity index (χ0v) is 13.3. The number of aliphatic carboxylic acids is 1. The Morgan fingerprint density at radius 2 is 1.79 bits per heavy atom. The van der Waals surface area contributed by atoms with Gasteiger partial charge in [-0.2, -0.15) is 0 Å². The number of carbonyl (C=O) groups excluding carboxylic acids is 1. The zero-order chi connectivity index (χ0) is 17.1. The third-order valence-corrected chi connectivity index (χ3v) is 4.13. The van der Waals surface area contributed by atoms with Crippen LogP contribution in [0.3, 0.4) is 0 Å². The van der Waals surface area contributed by atoms with Gasteiger partial charge in [-0.25, -0.2) is 4.79 Å². The van der Waals surface area contributed by atoms with Gasteiger partial charge in [0.25, 0.3) is 0 Å². The molecule has 0 spiro atoms. The van der Waals surface area contributed by atoms with Crippen molar-refractivity contribution in [1.82, 2.24) is 0 Å². The van der Waals surface area contributed by atoms with E-state index >= 15 is 0 Å². The molecule has 0 bridgehead atoms. The van der Waals surface area contributed by atoms with E-state index in [1.54, 1.807) is 49.6 Å². The monoisotopic (exact) mass is 326 g/mol. The molecule has 0 saturated carbocycles. The molecule has 0 saturated heterocycles. The van der Waals surface area contributed by atoms with Crippen LogP contribution < -0.4 is 9.47 Å². The predicted octanol–water partition coefficient (Wildman–Crippen LogP) is 3.42. The molecule has 24 heavy (non-hydrogen) atoms. The van der Waals surface area contributed by atoms with Gasteiger partial charge in [0, 0.05) is 17.5 Å². The molecule has 5 nitrogen and oxygen atoms in total. The summed E-state index contributed by atoms with van der Waals surface area (Å²) in [6.45, 7) is 0. The van der Waals surface area contributed by atoms with E-state index in [4.69, 9.17) is 9.47 Å². The number of benzene rings is 2. The van der Waals surface area contributed by atoms with Gasteiger partial charge < -0.3 is 14.6 Å².